The highest BCUT2D eigenvalue weighted by Gasteiger charge is 2.41. The minimum absolute atomic E-state index is 0.0609. The molecule has 0 bridgehead atoms. The van der Waals surface area contributed by atoms with Gasteiger partial charge in [0.15, 0.2) is 0 Å². The Morgan fingerprint density at radius 3 is 2.00 bits per heavy atom. The maximum absolute atomic E-state index is 11.6. The monoisotopic (exact) mass is 196 g/mol. The van der Waals surface area contributed by atoms with Crippen molar-refractivity contribution in [2.45, 2.75) is 47.1 Å². The first kappa shape index (κ1) is 11.3. The first-order valence-electron chi connectivity index (χ1n) is 5.06. The largest absolute Gasteiger partial charge is 0.459 e. The van der Waals surface area contributed by atoms with Gasteiger partial charge in [-0.3, -0.25) is 4.79 Å². The van der Waals surface area contributed by atoms with Gasteiger partial charge in [-0.1, -0.05) is 26.8 Å². The molecule has 0 amide bonds. The van der Waals surface area contributed by atoms with Crippen molar-refractivity contribution in [3.63, 3.8) is 0 Å². The molecule has 0 saturated carbocycles. The SMILES string of the molecule is CC(C)(C)OC(=O)C1C=C1C(C)(C)C. The van der Waals surface area contributed by atoms with Crippen molar-refractivity contribution in [1.29, 1.82) is 0 Å². The predicted molar refractivity (Wildman–Crippen MR) is 56.9 cm³/mol. The van der Waals surface area contributed by atoms with Crippen LogP contribution in [0.15, 0.2) is 11.6 Å². The van der Waals surface area contributed by atoms with Gasteiger partial charge in [0.05, 0.1) is 5.92 Å². The van der Waals surface area contributed by atoms with Crippen LogP contribution in [-0.2, 0) is 9.53 Å². The van der Waals surface area contributed by atoms with E-state index in [1.165, 1.54) is 5.57 Å². The van der Waals surface area contributed by atoms with Gasteiger partial charge in [0.2, 0.25) is 0 Å². The Morgan fingerprint density at radius 1 is 1.21 bits per heavy atom. The molecule has 1 aliphatic rings. The second kappa shape index (κ2) is 3.11. The number of rotatable bonds is 1. The van der Waals surface area contributed by atoms with Crippen LogP contribution in [0.2, 0.25) is 0 Å². The van der Waals surface area contributed by atoms with Crippen molar-refractivity contribution >= 4 is 5.97 Å². The van der Waals surface area contributed by atoms with Gasteiger partial charge in [-0.2, -0.15) is 0 Å². The van der Waals surface area contributed by atoms with E-state index < -0.39 is 0 Å². The van der Waals surface area contributed by atoms with Crippen molar-refractivity contribution < 1.29 is 9.53 Å². The predicted octanol–water partition coefficient (Wildman–Crippen LogP) is 2.93. The van der Waals surface area contributed by atoms with E-state index in [0.29, 0.717) is 0 Å². The van der Waals surface area contributed by atoms with Crippen molar-refractivity contribution in [3.8, 4) is 0 Å². The van der Waals surface area contributed by atoms with Gasteiger partial charge in [0, 0.05) is 0 Å². The molecule has 14 heavy (non-hydrogen) atoms. The summed E-state index contributed by atoms with van der Waals surface area (Å²) in [5, 5.41) is 0. The third-order valence-electron chi connectivity index (χ3n) is 2.10. The summed E-state index contributed by atoms with van der Waals surface area (Å²) in [5.74, 6) is -0.170. The molecule has 1 rings (SSSR count). The summed E-state index contributed by atoms with van der Waals surface area (Å²) in [7, 11) is 0. The Hall–Kier alpha value is -0.790. The summed E-state index contributed by atoms with van der Waals surface area (Å²) in [6.07, 6.45) is 1.99. The average molecular weight is 196 g/mol. The number of hydrogen-bond donors (Lipinski definition) is 0. The smallest absolute Gasteiger partial charge is 0.317 e. The molecule has 0 aromatic carbocycles. The molecule has 0 heterocycles. The van der Waals surface area contributed by atoms with E-state index in [1.807, 2.05) is 26.8 Å². The lowest BCUT2D eigenvalue weighted by atomic mass is 9.90. The molecule has 1 unspecified atom stereocenters. The van der Waals surface area contributed by atoms with Crippen LogP contribution < -0.4 is 0 Å². The van der Waals surface area contributed by atoms with Crippen LogP contribution in [0.3, 0.4) is 0 Å². The summed E-state index contributed by atoms with van der Waals surface area (Å²) >= 11 is 0. The van der Waals surface area contributed by atoms with Crippen molar-refractivity contribution in [2.75, 3.05) is 0 Å². The van der Waals surface area contributed by atoms with Gasteiger partial charge in [0.25, 0.3) is 0 Å². The molecule has 0 spiro atoms. The van der Waals surface area contributed by atoms with Crippen LogP contribution >= 0.6 is 0 Å². The zero-order valence-electron chi connectivity index (χ0n) is 9.97. The molecule has 80 valence electrons. The topological polar surface area (TPSA) is 26.3 Å². The van der Waals surface area contributed by atoms with Gasteiger partial charge in [0.1, 0.15) is 5.60 Å². The Morgan fingerprint density at radius 2 is 1.71 bits per heavy atom. The molecule has 0 aromatic heterocycles. The molecule has 2 nitrogen and oxygen atoms in total. The normalized spacial score (nSPS) is 21.6. The molecule has 0 fully saturated rings. The number of carbonyl (C=O) groups is 1. The highest BCUT2D eigenvalue weighted by molar-refractivity contribution is 5.84. The van der Waals surface area contributed by atoms with Gasteiger partial charge >= 0.3 is 5.97 Å². The van der Waals surface area contributed by atoms with E-state index in [-0.39, 0.29) is 22.9 Å². The summed E-state index contributed by atoms with van der Waals surface area (Å²) < 4.78 is 5.30. The minimum atomic E-state index is -0.378. The van der Waals surface area contributed by atoms with Crippen LogP contribution in [0, 0.1) is 11.3 Å². The minimum Gasteiger partial charge on any atom is -0.459 e. The third-order valence-corrected chi connectivity index (χ3v) is 2.10. The zero-order chi connectivity index (χ0) is 11.1. The molecular formula is C12H20O2. The lowest BCUT2D eigenvalue weighted by Crippen LogP contribution is -2.26. The molecule has 2 heteroatoms. The van der Waals surface area contributed by atoms with Crippen LogP contribution in [0.4, 0.5) is 0 Å². The standard InChI is InChI=1S/C12H20O2/c1-11(2,3)9-7-8(9)10(13)14-12(4,5)6/h7-8H,1-6H3. The zero-order valence-corrected chi connectivity index (χ0v) is 9.97. The Labute approximate surface area is 86.3 Å². The van der Waals surface area contributed by atoms with Crippen molar-refractivity contribution in [3.05, 3.63) is 11.6 Å². The Bertz CT molecular complexity index is 274. The fourth-order valence-corrected chi connectivity index (χ4v) is 1.41. The van der Waals surface area contributed by atoms with Gasteiger partial charge < -0.3 is 4.74 Å². The second-order valence-electron chi connectivity index (χ2n) is 5.88. The number of esters is 1. The summed E-state index contributed by atoms with van der Waals surface area (Å²) in [6, 6.07) is 0. The summed E-state index contributed by atoms with van der Waals surface area (Å²) in [6.45, 7) is 12.0. The van der Waals surface area contributed by atoms with Gasteiger partial charge in [-0.05, 0) is 31.8 Å². The maximum Gasteiger partial charge on any atom is 0.317 e. The maximum atomic E-state index is 11.6. The molecule has 0 aromatic rings. The third kappa shape index (κ3) is 2.86. The lowest BCUT2D eigenvalue weighted by molar-refractivity contribution is -0.155. The first-order valence-corrected chi connectivity index (χ1v) is 5.06. The van der Waals surface area contributed by atoms with Gasteiger partial charge in [-0.25, -0.2) is 0 Å². The van der Waals surface area contributed by atoms with E-state index in [4.69, 9.17) is 4.74 Å². The van der Waals surface area contributed by atoms with Gasteiger partial charge in [-0.15, -0.1) is 0 Å². The van der Waals surface area contributed by atoms with Crippen LogP contribution in [0.25, 0.3) is 0 Å². The summed E-state index contributed by atoms with van der Waals surface area (Å²) in [5.41, 5.74) is 0.921. The second-order valence-corrected chi connectivity index (χ2v) is 5.88. The molecular weight excluding hydrogens is 176 g/mol. The molecule has 1 atom stereocenters. The first-order chi connectivity index (χ1) is 6.11. The van der Waals surface area contributed by atoms with E-state index in [2.05, 4.69) is 20.8 Å². The van der Waals surface area contributed by atoms with E-state index in [0.717, 1.165) is 0 Å². The number of ether oxygens (including phenoxy) is 1. The van der Waals surface area contributed by atoms with E-state index in [9.17, 15) is 4.79 Å². The molecule has 0 saturated heterocycles. The molecule has 0 N–H and O–H groups in total. The Balaban J connectivity index is 2.47. The number of carbonyl (C=O) groups excluding carboxylic acids is 1. The molecule has 1 aliphatic carbocycles. The number of hydrogen-bond acceptors (Lipinski definition) is 2. The summed E-state index contributed by atoms with van der Waals surface area (Å²) in [4.78, 5) is 11.6. The average Bonchev–Trinajstić information content (AvgIpc) is 2.55. The van der Waals surface area contributed by atoms with Crippen LogP contribution in [-0.4, -0.2) is 11.6 Å². The van der Waals surface area contributed by atoms with Crippen LogP contribution in [0.5, 0.6) is 0 Å². The fourth-order valence-electron chi connectivity index (χ4n) is 1.41. The van der Waals surface area contributed by atoms with Crippen molar-refractivity contribution in [1.82, 2.24) is 0 Å². The van der Waals surface area contributed by atoms with E-state index in [1.54, 1.807) is 0 Å². The fraction of sp³-hybridized carbons (Fsp3) is 0.750. The molecule has 0 radical (unpaired) electrons. The van der Waals surface area contributed by atoms with Crippen molar-refractivity contribution in [2.24, 2.45) is 11.3 Å². The highest BCUT2D eigenvalue weighted by Crippen LogP contribution is 2.44. The quantitative estimate of drug-likeness (QED) is 0.476. The van der Waals surface area contributed by atoms with Crippen LogP contribution in [0.1, 0.15) is 41.5 Å². The lowest BCUT2D eigenvalue weighted by Gasteiger charge is -2.21. The highest BCUT2D eigenvalue weighted by atomic mass is 16.6. The van der Waals surface area contributed by atoms with E-state index >= 15 is 0 Å². The Kier molecular flexibility index (Phi) is 2.51. The molecule has 0 aliphatic heterocycles.